The standard InChI is InChI=1S/C11H23N3O2/c1-6-11(12,7-2)10(16)14(5)8-9(15)13(3)4/h6-8,12H2,1-5H3. The Balaban J connectivity index is 4.56. The molecule has 0 rings (SSSR count). The van der Waals surface area contributed by atoms with E-state index in [1.54, 1.807) is 21.1 Å². The number of rotatable bonds is 5. The topological polar surface area (TPSA) is 66.6 Å². The molecule has 2 amide bonds. The lowest BCUT2D eigenvalue weighted by Crippen LogP contribution is -2.55. The second kappa shape index (κ2) is 5.84. The summed E-state index contributed by atoms with van der Waals surface area (Å²) in [7, 11) is 4.93. The molecule has 0 spiro atoms. The summed E-state index contributed by atoms with van der Waals surface area (Å²) in [6.45, 7) is 3.83. The molecule has 0 atom stereocenters. The normalized spacial score (nSPS) is 11.1. The molecule has 0 aliphatic carbocycles. The fourth-order valence-electron chi connectivity index (χ4n) is 1.35. The first-order valence-electron chi connectivity index (χ1n) is 5.53. The summed E-state index contributed by atoms with van der Waals surface area (Å²) in [5, 5.41) is 0. The van der Waals surface area contributed by atoms with Crippen LogP contribution in [0.3, 0.4) is 0 Å². The Bertz CT molecular complexity index is 260. The van der Waals surface area contributed by atoms with Gasteiger partial charge in [0.05, 0.1) is 12.1 Å². The van der Waals surface area contributed by atoms with E-state index in [1.807, 2.05) is 13.8 Å². The predicted octanol–water partition coefficient (Wildman–Crippen LogP) is 0.0505. The van der Waals surface area contributed by atoms with E-state index < -0.39 is 5.54 Å². The first kappa shape index (κ1) is 14.9. The molecule has 0 aromatic rings. The van der Waals surface area contributed by atoms with E-state index in [-0.39, 0.29) is 18.4 Å². The van der Waals surface area contributed by atoms with Crippen molar-refractivity contribution in [2.45, 2.75) is 32.2 Å². The SMILES string of the molecule is CCC(N)(CC)C(=O)N(C)CC(=O)N(C)C. The first-order chi connectivity index (χ1) is 7.28. The quantitative estimate of drug-likeness (QED) is 0.724. The van der Waals surface area contributed by atoms with Gasteiger partial charge in [-0.25, -0.2) is 0 Å². The minimum atomic E-state index is -0.846. The van der Waals surface area contributed by atoms with Gasteiger partial charge in [-0.05, 0) is 12.8 Å². The number of amides is 2. The molecule has 0 heterocycles. The van der Waals surface area contributed by atoms with Gasteiger partial charge in [-0.15, -0.1) is 0 Å². The fraction of sp³-hybridized carbons (Fsp3) is 0.818. The molecular formula is C11H23N3O2. The van der Waals surface area contributed by atoms with Crippen LogP contribution >= 0.6 is 0 Å². The minimum absolute atomic E-state index is 0.0742. The van der Waals surface area contributed by atoms with Crippen LogP contribution < -0.4 is 5.73 Å². The molecule has 5 heteroatoms. The van der Waals surface area contributed by atoms with Crippen molar-refractivity contribution in [1.82, 2.24) is 9.80 Å². The van der Waals surface area contributed by atoms with Gasteiger partial charge in [-0.3, -0.25) is 9.59 Å². The molecule has 0 aliphatic rings. The molecule has 0 aliphatic heterocycles. The van der Waals surface area contributed by atoms with Gasteiger partial charge in [0.1, 0.15) is 0 Å². The van der Waals surface area contributed by atoms with Gasteiger partial charge in [0.15, 0.2) is 0 Å². The van der Waals surface area contributed by atoms with E-state index >= 15 is 0 Å². The number of nitrogens with zero attached hydrogens (tertiary/aromatic N) is 2. The molecule has 0 bridgehead atoms. The summed E-state index contributed by atoms with van der Waals surface area (Å²) < 4.78 is 0. The van der Waals surface area contributed by atoms with Crippen LogP contribution in [0.2, 0.25) is 0 Å². The van der Waals surface area contributed by atoms with E-state index in [9.17, 15) is 9.59 Å². The summed E-state index contributed by atoms with van der Waals surface area (Å²) in [5.41, 5.74) is 5.13. The van der Waals surface area contributed by atoms with E-state index in [1.165, 1.54) is 9.80 Å². The van der Waals surface area contributed by atoms with Crippen LogP contribution in [0, 0.1) is 0 Å². The number of hydrogen-bond acceptors (Lipinski definition) is 3. The molecule has 94 valence electrons. The predicted molar refractivity (Wildman–Crippen MR) is 63.8 cm³/mol. The molecule has 0 saturated carbocycles. The van der Waals surface area contributed by atoms with E-state index in [0.717, 1.165) is 0 Å². The Hall–Kier alpha value is -1.10. The largest absolute Gasteiger partial charge is 0.347 e. The summed E-state index contributed by atoms with van der Waals surface area (Å²) in [5.74, 6) is -0.280. The van der Waals surface area contributed by atoms with Gasteiger partial charge < -0.3 is 15.5 Å². The van der Waals surface area contributed by atoms with Crippen LogP contribution in [0.5, 0.6) is 0 Å². The maximum absolute atomic E-state index is 12.0. The number of hydrogen-bond donors (Lipinski definition) is 1. The van der Waals surface area contributed by atoms with Crippen molar-refractivity contribution in [1.29, 1.82) is 0 Å². The van der Waals surface area contributed by atoms with Crippen molar-refractivity contribution in [2.75, 3.05) is 27.7 Å². The molecule has 0 aromatic carbocycles. The van der Waals surface area contributed by atoms with Crippen LogP contribution in [0.4, 0.5) is 0 Å². The number of likely N-dealkylation sites (N-methyl/N-ethyl adjacent to an activating group) is 2. The minimum Gasteiger partial charge on any atom is -0.347 e. The Labute approximate surface area is 97.6 Å². The third kappa shape index (κ3) is 3.48. The summed E-state index contributed by atoms with van der Waals surface area (Å²) in [6.07, 6.45) is 1.14. The van der Waals surface area contributed by atoms with Crippen LogP contribution in [0.25, 0.3) is 0 Å². The number of nitrogens with two attached hydrogens (primary N) is 1. The fourth-order valence-corrected chi connectivity index (χ4v) is 1.35. The monoisotopic (exact) mass is 229 g/mol. The average molecular weight is 229 g/mol. The molecule has 0 fully saturated rings. The molecule has 2 N–H and O–H groups in total. The third-order valence-corrected chi connectivity index (χ3v) is 2.91. The highest BCUT2D eigenvalue weighted by Gasteiger charge is 2.33. The zero-order valence-electron chi connectivity index (χ0n) is 10.9. The van der Waals surface area contributed by atoms with Crippen LogP contribution in [-0.2, 0) is 9.59 Å². The van der Waals surface area contributed by atoms with Crippen molar-refractivity contribution < 1.29 is 9.59 Å². The van der Waals surface area contributed by atoms with Gasteiger partial charge in [-0.2, -0.15) is 0 Å². The second-order valence-electron chi connectivity index (χ2n) is 4.31. The Kier molecular flexibility index (Phi) is 5.44. The second-order valence-corrected chi connectivity index (χ2v) is 4.31. The molecule has 5 nitrogen and oxygen atoms in total. The number of carbonyl (C=O) groups excluding carboxylic acids is 2. The van der Waals surface area contributed by atoms with Crippen molar-refractivity contribution >= 4 is 11.8 Å². The molecule has 0 saturated heterocycles. The van der Waals surface area contributed by atoms with Crippen molar-refractivity contribution in [3.8, 4) is 0 Å². The Morgan fingerprint density at radius 3 is 1.88 bits per heavy atom. The first-order valence-corrected chi connectivity index (χ1v) is 5.53. The lowest BCUT2D eigenvalue weighted by atomic mass is 9.92. The maximum atomic E-state index is 12.0. The van der Waals surface area contributed by atoms with Gasteiger partial charge >= 0.3 is 0 Å². The van der Waals surface area contributed by atoms with E-state index in [0.29, 0.717) is 12.8 Å². The Morgan fingerprint density at radius 1 is 1.12 bits per heavy atom. The third-order valence-electron chi connectivity index (χ3n) is 2.91. The van der Waals surface area contributed by atoms with E-state index in [4.69, 9.17) is 5.73 Å². The van der Waals surface area contributed by atoms with Crippen molar-refractivity contribution in [3.05, 3.63) is 0 Å². The lowest BCUT2D eigenvalue weighted by molar-refractivity contribution is -0.141. The highest BCUT2D eigenvalue weighted by molar-refractivity contribution is 5.89. The highest BCUT2D eigenvalue weighted by Crippen LogP contribution is 2.14. The van der Waals surface area contributed by atoms with Gasteiger partial charge in [0.25, 0.3) is 0 Å². The summed E-state index contributed by atoms with van der Waals surface area (Å²) in [6, 6.07) is 0. The van der Waals surface area contributed by atoms with Gasteiger partial charge in [0.2, 0.25) is 11.8 Å². The zero-order chi connectivity index (χ0) is 12.9. The molecule has 16 heavy (non-hydrogen) atoms. The van der Waals surface area contributed by atoms with Crippen LogP contribution in [0.1, 0.15) is 26.7 Å². The van der Waals surface area contributed by atoms with Crippen LogP contribution in [-0.4, -0.2) is 54.8 Å². The summed E-state index contributed by atoms with van der Waals surface area (Å²) >= 11 is 0. The molecular weight excluding hydrogens is 206 g/mol. The lowest BCUT2D eigenvalue weighted by Gasteiger charge is -2.30. The highest BCUT2D eigenvalue weighted by atomic mass is 16.2. The maximum Gasteiger partial charge on any atom is 0.242 e. The molecule has 0 aromatic heterocycles. The molecule has 0 radical (unpaired) electrons. The van der Waals surface area contributed by atoms with Crippen molar-refractivity contribution in [2.24, 2.45) is 5.73 Å². The number of carbonyl (C=O) groups is 2. The van der Waals surface area contributed by atoms with Gasteiger partial charge in [-0.1, -0.05) is 13.8 Å². The zero-order valence-corrected chi connectivity index (χ0v) is 10.9. The van der Waals surface area contributed by atoms with Gasteiger partial charge in [0, 0.05) is 21.1 Å². The van der Waals surface area contributed by atoms with Crippen LogP contribution in [0.15, 0.2) is 0 Å². The van der Waals surface area contributed by atoms with Crippen molar-refractivity contribution in [3.63, 3.8) is 0 Å². The Morgan fingerprint density at radius 2 is 1.56 bits per heavy atom. The van der Waals surface area contributed by atoms with E-state index in [2.05, 4.69) is 0 Å². The average Bonchev–Trinajstić information content (AvgIpc) is 2.26. The summed E-state index contributed by atoms with van der Waals surface area (Å²) in [4.78, 5) is 26.3. The smallest absolute Gasteiger partial charge is 0.242 e. The molecule has 0 unspecified atom stereocenters.